The van der Waals surface area contributed by atoms with E-state index in [1.165, 1.54) is 30.1 Å². The van der Waals surface area contributed by atoms with Crippen LogP contribution in [-0.4, -0.2) is 23.7 Å². The summed E-state index contributed by atoms with van der Waals surface area (Å²) in [5.41, 5.74) is 0. The molecular formula is C24H32Cl2Si3Zr. The third kappa shape index (κ3) is 12.6. The van der Waals surface area contributed by atoms with Gasteiger partial charge in [0.2, 0.25) is 0 Å². The van der Waals surface area contributed by atoms with E-state index in [1.807, 2.05) is 0 Å². The first-order chi connectivity index (χ1) is 14.1. The maximum absolute atomic E-state index is 4.93. The molecule has 4 rings (SSSR count). The summed E-state index contributed by atoms with van der Waals surface area (Å²) in [6.07, 6.45) is 0. The van der Waals surface area contributed by atoms with E-state index < -0.39 is 36.0 Å². The fourth-order valence-corrected chi connectivity index (χ4v) is 32.5. The molecule has 0 unspecified atom stereocenters. The van der Waals surface area contributed by atoms with Gasteiger partial charge in [-0.3, -0.25) is 0 Å². The molecule has 0 nitrogen and oxygen atoms in total. The second-order valence-electron chi connectivity index (χ2n) is 9.01. The predicted molar refractivity (Wildman–Crippen MR) is 143 cm³/mol. The van der Waals surface area contributed by atoms with E-state index in [2.05, 4.69) is 124 Å². The summed E-state index contributed by atoms with van der Waals surface area (Å²) < 4.78 is 0. The quantitative estimate of drug-likeness (QED) is 0.168. The molecule has 4 aromatic rings. The molecule has 0 amide bonds. The number of hydrogen-bond acceptors (Lipinski definition) is 0. The molecule has 6 heteroatoms. The average Bonchev–Trinajstić information content (AvgIpc) is 3.29. The van der Waals surface area contributed by atoms with Gasteiger partial charge in [-0.25, -0.2) is 0 Å². The smallest absolute Gasteiger partial charge is 0.0809 e. The average molecular weight is 567 g/mol. The molecule has 4 aromatic carbocycles. The van der Waals surface area contributed by atoms with Gasteiger partial charge in [0.25, 0.3) is 0 Å². The Balaban J connectivity index is 0.000000211. The van der Waals surface area contributed by atoms with Crippen LogP contribution < -0.4 is 0 Å². The predicted octanol–water partition coefficient (Wildman–Crippen LogP) is 8.85. The van der Waals surface area contributed by atoms with Gasteiger partial charge in [0.05, 0.1) is 0 Å². The molecule has 0 aliphatic carbocycles. The summed E-state index contributed by atoms with van der Waals surface area (Å²) in [5.74, 6) is 0. The van der Waals surface area contributed by atoms with E-state index >= 15 is 0 Å². The third-order valence-electron chi connectivity index (χ3n) is 3.85. The normalized spacial score (nSPS) is 10.7. The molecule has 0 saturated heterocycles. The van der Waals surface area contributed by atoms with Crippen LogP contribution in [0, 0.1) is 0 Å². The number of benzene rings is 2. The first-order valence-electron chi connectivity index (χ1n) is 10.0. The Kier molecular flexibility index (Phi) is 13.0. The van der Waals surface area contributed by atoms with Crippen molar-refractivity contribution in [3.05, 3.63) is 84.9 Å². The Morgan fingerprint density at radius 1 is 0.633 bits per heavy atom. The molecule has 30 heavy (non-hydrogen) atoms. The summed E-state index contributed by atoms with van der Waals surface area (Å²) in [6, 6.07) is 29.3. The molecule has 0 atom stereocenters. The van der Waals surface area contributed by atoms with Gasteiger partial charge in [-0.15, -0.1) is 59.3 Å². The van der Waals surface area contributed by atoms with Crippen molar-refractivity contribution in [1.82, 2.24) is 0 Å². The van der Waals surface area contributed by atoms with Crippen molar-refractivity contribution in [2.45, 2.75) is 39.3 Å². The summed E-state index contributed by atoms with van der Waals surface area (Å²) in [4.78, 5) is 0. The second kappa shape index (κ2) is 14.0. The zero-order valence-electron chi connectivity index (χ0n) is 18.8. The summed E-state index contributed by atoms with van der Waals surface area (Å²) >= 11 is -0.826. The Morgan fingerprint density at radius 3 is 1.23 bits per heavy atom. The van der Waals surface area contributed by atoms with Crippen LogP contribution in [0.2, 0.25) is 39.3 Å². The molecule has 0 spiro atoms. The zero-order valence-corrected chi connectivity index (χ0v) is 25.8. The van der Waals surface area contributed by atoms with Crippen LogP contribution in [0.15, 0.2) is 84.9 Å². The fourth-order valence-electron chi connectivity index (χ4n) is 3.26. The van der Waals surface area contributed by atoms with Crippen LogP contribution in [0.4, 0.5) is 0 Å². The molecule has 158 valence electrons. The Labute approximate surface area is 205 Å². The molecule has 0 bridgehead atoms. The maximum atomic E-state index is 4.93. The van der Waals surface area contributed by atoms with Crippen LogP contribution in [0.25, 0.3) is 21.5 Å². The number of rotatable bonds is 2. The fraction of sp³-hybridized carbons (Fsp3) is 0.250. The number of hydrogen-bond donors (Lipinski definition) is 0. The van der Waals surface area contributed by atoms with Crippen molar-refractivity contribution in [3.8, 4) is 0 Å². The Hall–Kier alpha value is -0.226. The number of halogens is 2. The minimum Gasteiger partial charge on any atom is -0.168 e. The topological polar surface area (TPSA) is 0 Å². The summed E-state index contributed by atoms with van der Waals surface area (Å²) in [7, 11) is 9.79. The third-order valence-corrected chi connectivity index (χ3v) is 23.3. The van der Waals surface area contributed by atoms with E-state index in [1.54, 1.807) is 0 Å². The Morgan fingerprint density at radius 2 is 0.967 bits per heavy atom. The molecule has 0 aliphatic rings. The van der Waals surface area contributed by atoms with Crippen LogP contribution in [-0.2, 0) is 20.8 Å². The summed E-state index contributed by atoms with van der Waals surface area (Å²) in [5, 5.41) is 5.32. The van der Waals surface area contributed by atoms with E-state index in [0.717, 1.165) is 0 Å². The van der Waals surface area contributed by atoms with Crippen LogP contribution in [0.3, 0.4) is 0 Å². The molecule has 0 aromatic heterocycles. The largest absolute Gasteiger partial charge is 0.168 e. The van der Waals surface area contributed by atoms with Crippen molar-refractivity contribution in [2.75, 3.05) is 0 Å². The molecule has 2 radical (unpaired) electrons. The number of fused-ring (bicyclic) bond motifs is 2. The van der Waals surface area contributed by atoms with Crippen molar-refractivity contribution in [2.24, 2.45) is 0 Å². The van der Waals surface area contributed by atoms with Crippen LogP contribution in [0.5, 0.6) is 0 Å². The van der Waals surface area contributed by atoms with Gasteiger partial charge in [0.1, 0.15) is 0 Å². The van der Waals surface area contributed by atoms with Crippen molar-refractivity contribution >= 4 is 62.3 Å². The second-order valence-corrected chi connectivity index (χ2v) is 34.0. The van der Waals surface area contributed by atoms with Crippen molar-refractivity contribution in [1.29, 1.82) is 0 Å². The van der Waals surface area contributed by atoms with Crippen molar-refractivity contribution < 1.29 is 20.8 Å². The molecular weight excluding hydrogens is 535 g/mol. The van der Waals surface area contributed by atoms with E-state index in [0.29, 0.717) is 0 Å². The first kappa shape index (κ1) is 27.8. The molecule has 0 heterocycles. The van der Waals surface area contributed by atoms with Gasteiger partial charge in [0, 0.05) is 23.7 Å². The van der Waals surface area contributed by atoms with E-state index in [4.69, 9.17) is 17.0 Å². The van der Waals surface area contributed by atoms with E-state index in [9.17, 15) is 0 Å². The minimum atomic E-state index is -0.826. The van der Waals surface area contributed by atoms with Crippen molar-refractivity contribution in [3.63, 3.8) is 0 Å². The van der Waals surface area contributed by atoms with Crippen LogP contribution >= 0.6 is 17.0 Å². The van der Waals surface area contributed by atoms with Crippen LogP contribution in [0.1, 0.15) is 0 Å². The van der Waals surface area contributed by atoms with Gasteiger partial charge >= 0.3 is 37.9 Å². The van der Waals surface area contributed by atoms with Gasteiger partial charge < -0.3 is 0 Å². The standard InChI is InChI=1S/2C9H7.C6H18Si3.2ClH.Zr/c2*1-2-5-9-7-3-6-8(9)4-1;1-8(2,3)7-9(4,5)6;;;/h2*1-7H;1-6H3;2*1H;/q2*-1;;;;+4/p-2. The van der Waals surface area contributed by atoms with Gasteiger partial charge in [-0.1, -0.05) is 51.4 Å². The monoisotopic (exact) mass is 564 g/mol. The minimum absolute atomic E-state index is 0.703. The first-order valence-corrected chi connectivity index (χ1v) is 26.4. The maximum Gasteiger partial charge on any atom is -0.0809 e. The van der Waals surface area contributed by atoms with Gasteiger partial charge in [-0.2, -0.15) is 35.0 Å². The van der Waals surface area contributed by atoms with E-state index in [-0.39, 0.29) is 0 Å². The zero-order chi connectivity index (χ0) is 22.6. The Bertz CT molecular complexity index is 827. The van der Waals surface area contributed by atoms with Gasteiger partial charge in [0.15, 0.2) is 0 Å². The molecule has 0 saturated carbocycles. The molecule has 0 fully saturated rings. The molecule has 0 N–H and O–H groups in total. The van der Waals surface area contributed by atoms with Gasteiger partial charge in [-0.05, 0) is 0 Å². The summed E-state index contributed by atoms with van der Waals surface area (Å²) in [6.45, 7) is 14.9. The SMILES string of the molecule is C[Si](C)(C)[Si][Si](C)(C)C.[Cl][Zr+2][Cl].c1ccc2[cH-]ccc2c1.c1ccc2[cH-]ccc2c1. The molecule has 0 aliphatic heterocycles.